The maximum atomic E-state index is 6.30. The van der Waals surface area contributed by atoms with Crippen molar-refractivity contribution in [1.82, 2.24) is 0 Å². The molecule has 3 heteroatoms. The van der Waals surface area contributed by atoms with Gasteiger partial charge in [-0.15, -0.1) is 0 Å². The van der Waals surface area contributed by atoms with Gasteiger partial charge in [0.2, 0.25) is 0 Å². The average molecular weight is 289 g/mol. The molecule has 0 saturated heterocycles. The van der Waals surface area contributed by atoms with Crippen LogP contribution in [0.25, 0.3) is 22.3 Å². The van der Waals surface area contributed by atoms with Crippen LogP contribution in [-0.2, 0) is 0 Å². The van der Waals surface area contributed by atoms with Gasteiger partial charge in [0.1, 0.15) is 0 Å². The highest BCUT2D eigenvalue weighted by atomic mass is 14.7. The minimum atomic E-state index is 0.595. The van der Waals surface area contributed by atoms with Crippen LogP contribution in [0.1, 0.15) is 5.56 Å². The van der Waals surface area contributed by atoms with Crippen LogP contribution in [-0.4, -0.2) is 0 Å². The summed E-state index contributed by atoms with van der Waals surface area (Å²) in [6, 6.07) is 19.8. The second-order valence-corrected chi connectivity index (χ2v) is 5.43. The molecule has 22 heavy (non-hydrogen) atoms. The molecule has 0 radical (unpaired) electrons. The molecule has 3 rings (SSSR count). The molecule has 110 valence electrons. The summed E-state index contributed by atoms with van der Waals surface area (Å²) in [6.07, 6.45) is 0. The quantitative estimate of drug-likeness (QED) is 0.622. The lowest BCUT2D eigenvalue weighted by Crippen LogP contribution is -2.00. The summed E-state index contributed by atoms with van der Waals surface area (Å²) >= 11 is 0. The van der Waals surface area contributed by atoms with Gasteiger partial charge in [-0.05, 0) is 47.4 Å². The fourth-order valence-electron chi connectivity index (χ4n) is 2.68. The predicted octanol–water partition coefficient (Wildman–Crippen LogP) is 4.08. The highest BCUT2D eigenvalue weighted by molar-refractivity contribution is 5.96. The van der Waals surface area contributed by atoms with Crippen LogP contribution >= 0.6 is 0 Å². The molecule has 0 saturated carbocycles. The van der Waals surface area contributed by atoms with Gasteiger partial charge in [0, 0.05) is 11.3 Å². The third kappa shape index (κ3) is 2.37. The van der Waals surface area contributed by atoms with Crippen molar-refractivity contribution in [3.63, 3.8) is 0 Å². The Labute approximate surface area is 130 Å². The van der Waals surface area contributed by atoms with E-state index in [9.17, 15) is 0 Å². The summed E-state index contributed by atoms with van der Waals surface area (Å²) in [5, 5.41) is 0. The van der Waals surface area contributed by atoms with E-state index in [4.69, 9.17) is 17.2 Å². The molecule has 0 unspecified atom stereocenters. The first-order valence-electron chi connectivity index (χ1n) is 7.18. The van der Waals surface area contributed by atoms with E-state index in [1.54, 1.807) is 0 Å². The summed E-state index contributed by atoms with van der Waals surface area (Å²) < 4.78 is 0. The normalized spacial score (nSPS) is 10.6. The van der Waals surface area contributed by atoms with Crippen LogP contribution in [0, 0.1) is 6.92 Å². The van der Waals surface area contributed by atoms with E-state index in [-0.39, 0.29) is 0 Å². The van der Waals surface area contributed by atoms with Crippen molar-refractivity contribution in [2.24, 2.45) is 0 Å². The third-order valence-corrected chi connectivity index (χ3v) is 3.92. The van der Waals surface area contributed by atoms with Crippen molar-refractivity contribution in [1.29, 1.82) is 0 Å². The zero-order valence-corrected chi connectivity index (χ0v) is 12.5. The van der Waals surface area contributed by atoms with E-state index < -0.39 is 0 Å². The Morgan fingerprint density at radius 2 is 1.36 bits per heavy atom. The van der Waals surface area contributed by atoms with Crippen molar-refractivity contribution in [3.05, 3.63) is 66.2 Å². The highest BCUT2D eigenvalue weighted by Crippen LogP contribution is 2.40. The molecule has 3 aromatic rings. The fraction of sp³-hybridized carbons (Fsp3) is 0.0526. The Bertz CT molecular complexity index is 821. The van der Waals surface area contributed by atoms with Crippen LogP contribution in [0.3, 0.4) is 0 Å². The van der Waals surface area contributed by atoms with Crippen molar-refractivity contribution in [3.8, 4) is 22.3 Å². The zero-order chi connectivity index (χ0) is 15.7. The number of rotatable bonds is 2. The molecule has 3 nitrogen and oxygen atoms in total. The maximum Gasteiger partial charge on any atom is 0.0633 e. The van der Waals surface area contributed by atoms with E-state index in [1.165, 1.54) is 0 Å². The van der Waals surface area contributed by atoms with E-state index in [0.29, 0.717) is 11.4 Å². The van der Waals surface area contributed by atoms with E-state index in [0.717, 1.165) is 33.5 Å². The molecule has 0 aliphatic rings. The van der Waals surface area contributed by atoms with Crippen LogP contribution in [0.4, 0.5) is 17.1 Å². The number of nitrogen functional groups attached to an aromatic ring is 3. The maximum absolute atomic E-state index is 6.30. The molecule has 0 aliphatic carbocycles. The Kier molecular flexibility index (Phi) is 3.47. The van der Waals surface area contributed by atoms with Gasteiger partial charge in [0.25, 0.3) is 0 Å². The summed E-state index contributed by atoms with van der Waals surface area (Å²) in [7, 11) is 0. The Morgan fingerprint density at radius 1 is 0.682 bits per heavy atom. The van der Waals surface area contributed by atoms with Crippen LogP contribution in [0.2, 0.25) is 0 Å². The molecule has 0 bridgehead atoms. The molecule has 0 heterocycles. The first-order valence-corrected chi connectivity index (χ1v) is 7.18. The molecule has 0 atom stereocenters. The Morgan fingerprint density at radius 3 is 2.05 bits per heavy atom. The minimum absolute atomic E-state index is 0.595. The first kappa shape index (κ1) is 14.0. The number of hydrogen-bond acceptors (Lipinski definition) is 3. The number of aryl methyl sites for hydroxylation is 1. The predicted molar refractivity (Wildman–Crippen MR) is 95.3 cm³/mol. The highest BCUT2D eigenvalue weighted by Gasteiger charge is 2.14. The summed E-state index contributed by atoms with van der Waals surface area (Å²) in [4.78, 5) is 0. The van der Waals surface area contributed by atoms with Gasteiger partial charge in [-0.3, -0.25) is 0 Å². The Balaban J connectivity index is 2.30. The van der Waals surface area contributed by atoms with E-state index in [2.05, 4.69) is 19.1 Å². The van der Waals surface area contributed by atoms with Gasteiger partial charge in [0.05, 0.1) is 11.4 Å². The largest absolute Gasteiger partial charge is 0.399 e. The molecule has 0 spiro atoms. The molecule has 0 aliphatic heterocycles. The number of nitrogens with two attached hydrogens (primary N) is 3. The lowest BCUT2D eigenvalue weighted by Gasteiger charge is -2.17. The smallest absolute Gasteiger partial charge is 0.0633 e. The molecular weight excluding hydrogens is 270 g/mol. The summed E-state index contributed by atoms with van der Waals surface area (Å²) in [5.74, 6) is 0. The van der Waals surface area contributed by atoms with Gasteiger partial charge < -0.3 is 17.2 Å². The topological polar surface area (TPSA) is 78.1 Å². The summed E-state index contributed by atoms with van der Waals surface area (Å²) in [6.45, 7) is 2.07. The average Bonchev–Trinajstić information content (AvgIpc) is 2.52. The Hall–Kier alpha value is -2.94. The molecular formula is C19H19N3. The molecule has 3 aromatic carbocycles. The van der Waals surface area contributed by atoms with Crippen LogP contribution < -0.4 is 17.2 Å². The van der Waals surface area contributed by atoms with E-state index in [1.807, 2.05) is 48.5 Å². The van der Waals surface area contributed by atoms with Gasteiger partial charge in [-0.25, -0.2) is 0 Å². The number of benzene rings is 3. The van der Waals surface area contributed by atoms with Gasteiger partial charge in [-0.1, -0.05) is 42.5 Å². The lowest BCUT2D eigenvalue weighted by molar-refractivity contribution is 1.45. The molecule has 0 fully saturated rings. The second-order valence-electron chi connectivity index (χ2n) is 5.43. The van der Waals surface area contributed by atoms with Crippen LogP contribution in [0.15, 0.2) is 60.7 Å². The molecule has 0 amide bonds. The van der Waals surface area contributed by atoms with Crippen molar-refractivity contribution < 1.29 is 0 Å². The van der Waals surface area contributed by atoms with Crippen molar-refractivity contribution >= 4 is 17.1 Å². The number of hydrogen-bond donors (Lipinski definition) is 3. The zero-order valence-electron chi connectivity index (χ0n) is 12.5. The molecule has 0 aromatic heterocycles. The van der Waals surface area contributed by atoms with Crippen molar-refractivity contribution in [2.45, 2.75) is 6.92 Å². The SMILES string of the molecule is Cc1ccccc1-c1c(-c2ccc(N)cc2)ccc(N)c1N. The fourth-order valence-corrected chi connectivity index (χ4v) is 2.68. The monoisotopic (exact) mass is 289 g/mol. The van der Waals surface area contributed by atoms with Crippen LogP contribution in [0.5, 0.6) is 0 Å². The summed E-state index contributed by atoms with van der Waals surface area (Å²) in [5.41, 5.74) is 25.4. The minimum Gasteiger partial charge on any atom is -0.399 e. The van der Waals surface area contributed by atoms with Gasteiger partial charge >= 0.3 is 0 Å². The van der Waals surface area contributed by atoms with Gasteiger partial charge in [0.15, 0.2) is 0 Å². The van der Waals surface area contributed by atoms with Gasteiger partial charge in [-0.2, -0.15) is 0 Å². The number of anilines is 3. The standard InChI is InChI=1S/C19H19N3/c1-12-4-2-3-5-15(12)18-16(10-11-17(21)19(18)22)13-6-8-14(20)9-7-13/h2-11H,20-22H2,1H3. The first-order chi connectivity index (χ1) is 10.6. The van der Waals surface area contributed by atoms with Crippen molar-refractivity contribution in [2.75, 3.05) is 17.2 Å². The molecule has 6 N–H and O–H groups in total. The van der Waals surface area contributed by atoms with E-state index >= 15 is 0 Å². The second kappa shape index (κ2) is 5.45. The lowest BCUT2D eigenvalue weighted by atomic mass is 9.90. The third-order valence-electron chi connectivity index (χ3n) is 3.92.